The van der Waals surface area contributed by atoms with Crippen LogP contribution in [0.3, 0.4) is 0 Å². The van der Waals surface area contributed by atoms with Gasteiger partial charge in [-0.15, -0.1) is 0 Å². The highest BCUT2D eigenvalue weighted by Crippen LogP contribution is 2.15. The smallest absolute Gasteiger partial charge is 0.329 e. The van der Waals surface area contributed by atoms with Crippen LogP contribution in [0.25, 0.3) is 0 Å². The maximum Gasteiger partial charge on any atom is 0.329 e. The molecule has 0 aliphatic carbocycles. The zero-order valence-electron chi connectivity index (χ0n) is 17.0. The molecule has 168 valence electrons. The molecule has 0 saturated heterocycles. The molecule has 3 aromatic carbocycles. The van der Waals surface area contributed by atoms with Crippen LogP contribution in [0, 0.1) is 5.82 Å². The minimum Gasteiger partial charge on any atom is -0.484 e. The van der Waals surface area contributed by atoms with Crippen molar-refractivity contribution >= 4 is 46.9 Å². The van der Waals surface area contributed by atoms with E-state index in [1.807, 2.05) is 0 Å². The molecule has 0 unspecified atom stereocenters. The fourth-order valence-electron chi connectivity index (χ4n) is 2.53. The number of ether oxygens (including phenoxy) is 1. The Morgan fingerprint density at radius 2 is 1.67 bits per heavy atom. The summed E-state index contributed by atoms with van der Waals surface area (Å²) in [4.78, 5) is 35.7. The minimum absolute atomic E-state index is 0.265. The molecule has 0 fully saturated rings. The van der Waals surface area contributed by atoms with Crippen LogP contribution in [0.15, 0.2) is 77.9 Å². The van der Waals surface area contributed by atoms with E-state index in [9.17, 15) is 18.8 Å². The van der Waals surface area contributed by atoms with E-state index < -0.39 is 23.5 Å². The standard InChI is InChI=1S/C23H18ClFN4O4/c24-16-4-2-5-19(12-16)28-22(31)23(32)29-26-13-15-3-1-6-20(11-15)33-14-21(30)27-18-9-7-17(25)8-10-18/h1-13H,14H2,(H,27,30)(H,28,31)(H,29,32)/b26-13-. The van der Waals surface area contributed by atoms with Crippen molar-refractivity contribution in [3.05, 3.63) is 89.2 Å². The van der Waals surface area contributed by atoms with E-state index in [1.165, 1.54) is 36.5 Å². The summed E-state index contributed by atoms with van der Waals surface area (Å²) < 4.78 is 18.3. The Balaban J connectivity index is 1.47. The van der Waals surface area contributed by atoms with Gasteiger partial charge in [0.2, 0.25) is 0 Å². The van der Waals surface area contributed by atoms with Crippen LogP contribution < -0.4 is 20.8 Å². The molecule has 0 atom stereocenters. The molecular formula is C23H18ClFN4O4. The van der Waals surface area contributed by atoms with E-state index in [2.05, 4.69) is 21.2 Å². The van der Waals surface area contributed by atoms with Crippen LogP contribution in [0.1, 0.15) is 5.56 Å². The Morgan fingerprint density at radius 1 is 0.909 bits per heavy atom. The number of carbonyl (C=O) groups is 3. The van der Waals surface area contributed by atoms with Crippen molar-refractivity contribution in [3.63, 3.8) is 0 Å². The van der Waals surface area contributed by atoms with Crippen molar-refractivity contribution in [3.8, 4) is 5.75 Å². The highest BCUT2D eigenvalue weighted by atomic mass is 35.5. The van der Waals surface area contributed by atoms with Crippen LogP contribution in [-0.4, -0.2) is 30.5 Å². The van der Waals surface area contributed by atoms with Gasteiger partial charge in [-0.05, 0) is 60.2 Å². The molecule has 3 aromatic rings. The van der Waals surface area contributed by atoms with E-state index in [0.717, 1.165) is 0 Å². The van der Waals surface area contributed by atoms with Crippen molar-refractivity contribution in [1.82, 2.24) is 5.43 Å². The first kappa shape index (κ1) is 23.4. The molecule has 0 aromatic heterocycles. The lowest BCUT2D eigenvalue weighted by Crippen LogP contribution is -2.32. The zero-order chi connectivity index (χ0) is 23.6. The summed E-state index contributed by atoms with van der Waals surface area (Å²) in [5.74, 6) is -2.30. The molecule has 3 N–H and O–H groups in total. The molecule has 0 heterocycles. The van der Waals surface area contributed by atoms with Crippen molar-refractivity contribution in [2.45, 2.75) is 0 Å². The lowest BCUT2D eigenvalue weighted by Gasteiger charge is -2.08. The first-order valence-corrected chi connectivity index (χ1v) is 9.95. The van der Waals surface area contributed by atoms with E-state index in [4.69, 9.17) is 16.3 Å². The molecular weight excluding hydrogens is 451 g/mol. The Labute approximate surface area is 193 Å². The largest absolute Gasteiger partial charge is 0.484 e. The predicted molar refractivity (Wildman–Crippen MR) is 123 cm³/mol. The topological polar surface area (TPSA) is 109 Å². The fourth-order valence-corrected chi connectivity index (χ4v) is 2.72. The summed E-state index contributed by atoms with van der Waals surface area (Å²) in [6, 6.07) is 18.3. The zero-order valence-corrected chi connectivity index (χ0v) is 17.8. The van der Waals surface area contributed by atoms with Gasteiger partial charge in [0.1, 0.15) is 11.6 Å². The quantitative estimate of drug-likeness (QED) is 0.280. The Morgan fingerprint density at radius 3 is 2.42 bits per heavy atom. The molecule has 3 rings (SSSR count). The van der Waals surface area contributed by atoms with Gasteiger partial charge >= 0.3 is 11.8 Å². The van der Waals surface area contributed by atoms with Gasteiger partial charge in [-0.2, -0.15) is 5.10 Å². The maximum absolute atomic E-state index is 12.9. The van der Waals surface area contributed by atoms with Gasteiger partial charge in [0, 0.05) is 16.4 Å². The second-order valence-electron chi connectivity index (χ2n) is 6.58. The highest BCUT2D eigenvalue weighted by Gasteiger charge is 2.13. The summed E-state index contributed by atoms with van der Waals surface area (Å²) in [7, 11) is 0. The molecule has 0 bridgehead atoms. The third kappa shape index (κ3) is 7.75. The first-order chi connectivity index (χ1) is 15.9. The normalized spacial score (nSPS) is 10.5. The summed E-state index contributed by atoms with van der Waals surface area (Å²) >= 11 is 5.83. The number of halogens is 2. The number of hydrogen-bond donors (Lipinski definition) is 3. The second-order valence-corrected chi connectivity index (χ2v) is 7.02. The molecule has 0 saturated carbocycles. The van der Waals surface area contributed by atoms with Crippen LogP contribution >= 0.6 is 11.6 Å². The lowest BCUT2D eigenvalue weighted by molar-refractivity contribution is -0.136. The monoisotopic (exact) mass is 468 g/mol. The van der Waals surface area contributed by atoms with E-state index in [-0.39, 0.29) is 6.61 Å². The number of carbonyl (C=O) groups excluding carboxylic acids is 3. The van der Waals surface area contributed by atoms with E-state index in [1.54, 1.807) is 42.5 Å². The van der Waals surface area contributed by atoms with Crippen LogP contribution in [0.2, 0.25) is 5.02 Å². The number of benzene rings is 3. The molecule has 0 aliphatic heterocycles. The van der Waals surface area contributed by atoms with Crippen LogP contribution in [0.4, 0.5) is 15.8 Å². The van der Waals surface area contributed by atoms with Gasteiger partial charge in [-0.3, -0.25) is 14.4 Å². The number of nitrogens with one attached hydrogen (secondary N) is 3. The molecule has 33 heavy (non-hydrogen) atoms. The molecule has 10 heteroatoms. The number of amides is 3. The van der Waals surface area contributed by atoms with Crippen molar-refractivity contribution in [2.75, 3.05) is 17.2 Å². The van der Waals surface area contributed by atoms with Crippen LogP contribution in [0.5, 0.6) is 5.75 Å². The van der Waals surface area contributed by atoms with Gasteiger partial charge in [0.25, 0.3) is 5.91 Å². The molecule has 3 amide bonds. The van der Waals surface area contributed by atoms with Gasteiger partial charge < -0.3 is 15.4 Å². The third-order valence-electron chi connectivity index (χ3n) is 4.02. The number of rotatable bonds is 7. The molecule has 8 nitrogen and oxygen atoms in total. The minimum atomic E-state index is -0.962. The predicted octanol–water partition coefficient (Wildman–Crippen LogP) is 3.59. The summed E-state index contributed by atoms with van der Waals surface area (Å²) in [6.45, 7) is -0.265. The van der Waals surface area contributed by atoms with Crippen LogP contribution in [-0.2, 0) is 14.4 Å². The molecule has 0 spiro atoms. The first-order valence-electron chi connectivity index (χ1n) is 9.57. The van der Waals surface area contributed by atoms with Gasteiger partial charge in [-0.1, -0.05) is 29.8 Å². The summed E-state index contributed by atoms with van der Waals surface area (Å²) in [5, 5.41) is 9.15. The molecule has 0 radical (unpaired) electrons. The van der Waals surface area contributed by atoms with Gasteiger partial charge in [0.15, 0.2) is 6.61 Å². The fraction of sp³-hybridized carbons (Fsp3) is 0.0435. The summed E-state index contributed by atoms with van der Waals surface area (Å²) in [6.07, 6.45) is 1.32. The van der Waals surface area contributed by atoms with Crippen molar-refractivity contribution in [1.29, 1.82) is 0 Å². The SMILES string of the molecule is O=C(COc1cccc(/C=N\NC(=O)C(=O)Nc2cccc(Cl)c2)c1)Nc1ccc(F)cc1. The summed E-state index contributed by atoms with van der Waals surface area (Å²) in [5.41, 5.74) is 3.50. The van der Waals surface area contributed by atoms with Crippen molar-refractivity contribution in [2.24, 2.45) is 5.10 Å². The lowest BCUT2D eigenvalue weighted by atomic mass is 10.2. The Hall–Kier alpha value is -4.24. The number of hydrazone groups is 1. The average molecular weight is 469 g/mol. The number of hydrogen-bond acceptors (Lipinski definition) is 5. The van der Waals surface area contributed by atoms with E-state index in [0.29, 0.717) is 27.7 Å². The van der Waals surface area contributed by atoms with Gasteiger partial charge in [-0.25, -0.2) is 9.82 Å². The second kappa shape index (κ2) is 11.4. The maximum atomic E-state index is 12.9. The Kier molecular flexibility index (Phi) is 8.09. The highest BCUT2D eigenvalue weighted by molar-refractivity contribution is 6.39. The molecule has 0 aliphatic rings. The Bertz CT molecular complexity index is 1190. The third-order valence-corrected chi connectivity index (χ3v) is 4.26. The number of nitrogens with zero attached hydrogens (tertiary/aromatic N) is 1. The van der Waals surface area contributed by atoms with Crippen molar-refractivity contribution < 1.29 is 23.5 Å². The number of anilines is 2. The van der Waals surface area contributed by atoms with E-state index >= 15 is 0 Å². The average Bonchev–Trinajstić information content (AvgIpc) is 2.79. The van der Waals surface area contributed by atoms with Gasteiger partial charge in [0.05, 0.1) is 6.21 Å².